The molecule has 2 fully saturated rings. The molecule has 6 nitrogen and oxygen atoms in total. The Hall–Kier alpha value is -2.41. The summed E-state index contributed by atoms with van der Waals surface area (Å²) in [5.41, 5.74) is 1.87. The molecule has 4 rings (SSSR count). The summed E-state index contributed by atoms with van der Waals surface area (Å²) in [6.07, 6.45) is 8.80. The van der Waals surface area contributed by atoms with E-state index in [1.54, 1.807) is 0 Å². The maximum absolute atomic E-state index is 12.9. The van der Waals surface area contributed by atoms with Crippen LogP contribution in [0.5, 0.6) is 5.75 Å². The molecule has 2 aromatic rings. The fourth-order valence-corrected chi connectivity index (χ4v) is 5.44. The first-order valence-corrected chi connectivity index (χ1v) is 14.2. The first-order valence-electron chi connectivity index (χ1n) is 14.2. The van der Waals surface area contributed by atoms with Crippen molar-refractivity contribution >= 4 is 5.91 Å². The number of hydrogen-bond acceptors (Lipinski definition) is 5. The Balaban J connectivity index is 1.28. The van der Waals surface area contributed by atoms with Crippen molar-refractivity contribution in [2.24, 2.45) is 5.92 Å². The zero-order valence-corrected chi connectivity index (χ0v) is 22.2. The van der Waals surface area contributed by atoms with Gasteiger partial charge in [-0.1, -0.05) is 61.7 Å². The molecule has 202 valence electrons. The van der Waals surface area contributed by atoms with E-state index < -0.39 is 6.10 Å². The second kappa shape index (κ2) is 15.1. The predicted octanol–water partition coefficient (Wildman–Crippen LogP) is 5.26. The van der Waals surface area contributed by atoms with Gasteiger partial charge in [-0.05, 0) is 74.4 Å². The first-order chi connectivity index (χ1) is 18.2. The summed E-state index contributed by atoms with van der Waals surface area (Å²) in [5.74, 6) is 1.54. The van der Waals surface area contributed by atoms with E-state index in [0.29, 0.717) is 19.6 Å². The van der Waals surface area contributed by atoms with Crippen molar-refractivity contribution in [2.75, 3.05) is 32.8 Å². The van der Waals surface area contributed by atoms with Gasteiger partial charge in [0, 0.05) is 26.2 Å². The summed E-state index contributed by atoms with van der Waals surface area (Å²) in [7, 11) is 0. The van der Waals surface area contributed by atoms with Crippen molar-refractivity contribution in [1.82, 2.24) is 10.2 Å². The van der Waals surface area contributed by atoms with Crippen LogP contribution in [0.15, 0.2) is 54.6 Å². The van der Waals surface area contributed by atoms with Gasteiger partial charge in [0.25, 0.3) is 0 Å². The molecule has 0 radical (unpaired) electrons. The Labute approximate surface area is 222 Å². The minimum atomic E-state index is -0.793. The molecule has 2 atom stereocenters. The smallest absolute Gasteiger partial charge is 0.220 e. The number of carbonyl (C=O) groups is 1. The fraction of sp³-hybridized carbons (Fsp3) is 0.581. The summed E-state index contributed by atoms with van der Waals surface area (Å²) < 4.78 is 11.4. The average molecular weight is 509 g/mol. The third-order valence-electron chi connectivity index (χ3n) is 7.69. The van der Waals surface area contributed by atoms with Crippen LogP contribution in [0, 0.1) is 5.92 Å². The molecule has 0 spiro atoms. The number of benzene rings is 2. The Morgan fingerprint density at radius 1 is 1.03 bits per heavy atom. The molecule has 2 heterocycles. The number of likely N-dealkylation sites (tertiary alicyclic amines) is 1. The third kappa shape index (κ3) is 9.44. The van der Waals surface area contributed by atoms with Gasteiger partial charge in [-0.15, -0.1) is 0 Å². The van der Waals surface area contributed by atoms with Crippen LogP contribution in [-0.2, 0) is 16.1 Å². The lowest BCUT2D eigenvalue weighted by atomic mass is 9.93. The Morgan fingerprint density at radius 2 is 1.81 bits per heavy atom. The molecule has 2 N–H and O–H groups in total. The van der Waals surface area contributed by atoms with Crippen LogP contribution in [0.3, 0.4) is 0 Å². The molecule has 1 amide bonds. The van der Waals surface area contributed by atoms with Gasteiger partial charge in [-0.2, -0.15) is 0 Å². The number of nitrogens with one attached hydrogen (secondary N) is 1. The van der Waals surface area contributed by atoms with Crippen LogP contribution in [0.4, 0.5) is 0 Å². The highest BCUT2D eigenvalue weighted by molar-refractivity contribution is 5.76. The number of nitrogens with zero attached hydrogens (tertiary/aromatic N) is 1. The second-order valence-electron chi connectivity index (χ2n) is 10.6. The maximum atomic E-state index is 12.9. The second-order valence-corrected chi connectivity index (χ2v) is 10.6. The van der Waals surface area contributed by atoms with Gasteiger partial charge in [0.2, 0.25) is 5.91 Å². The van der Waals surface area contributed by atoms with Crippen LogP contribution in [0.1, 0.15) is 75.0 Å². The number of carbonyl (C=O) groups excluding carboxylic acids is 1. The molecule has 6 heteroatoms. The fourth-order valence-electron chi connectivity index (χ4n) is 5.44. The number of hydrogen-bond donors (Lipinski definition) is 2. The average Bonchev–Trinajstić information content (AvgIpc) is 3.45. The van der Waals surface area contributed by atoms with E-state index in [1.165, 1.54) is 38.5 Å². The number of unbranched alkanes of at least 4 members (excludes halogenated alkanes) is 2. The zero-order valence-electron chi connectivity index (χ0n) is 22.2. The number of aliphatic hydroxyl groups excluding tert-OH is 1. The predicted molar refractivity (Wildman–Crippen MR) is 146 cm³/mol. The zero-order chi connectivity index (χ0) is 25.7. The van der Waals surface area contributed by atoms with E-state index in [0.717, 1.165) is 61.9 Å². The maximum Gasteiger partial charge on any atom is 0.220 e. The van der Waals surface area contributed by atoms with Crippen LogP contribution < -0.4 is 10.1 Å². The summed E-state index contributed by atoms with van der Waals surface area (Å²) >= 11 is 0. The molecular formula is C31H44N2O4. The van der Waals surface area contributed by atoms with Gasteiger partial charge < -0.3 is 24.8 Å². The molecule has 0 aromatic heterocycles. The molecule has 0 aliphatic carbocycles. The largest absolute Gasteiger partial charge is 0.489 e. The molecule has 37 heavy (non-hydrogen) atoms. The molecular weight excluding hydrogens is 464 g/mol. The van der Waals surface area contributed by atoms with Crippen molar-refractivity contribution in [3.8, 4) is 5.75 Å². The van der Waals surface area contributed by atoms with E-state index in [-0.39, 0.29) is 11.9 Å². The lowest BCUT2D eigenvalue weighted by Gasteiger charge is -2.29. The third-order valence-corrected chi connectivity index (χ3v) is 7.69. The number of aliphatic hydroxyl groups is 1. The Kier molecular flexibility index (Phi) is 11.3. The summed E-state index contributed by atoms with van der Waals surface area (Å²) in [4.78, 5) is 15.2. The Bertz CT molecular complexity index is 926. The van der Waals surface area contributed by atoms with Gasteiger partial charge in [0.1, 0.15) is 18.5 Å². The van der Waals surface area contributed by atoms with Crippen molar-refractivity contribution in [1.29, 1.82) is 0 Å². The SMILES string of the molecule is O=C(CCCCCC1CCOCC1)N[C@H](CN1CCCC1)[C@@H](O)c1cccc(OCc2ccccc2)c1. The van der Waals surface area contributed by atoms with E-state index in [9.17, 15) is 9.90 Å². The lowest BCUT2D eigenvalue weighted by Crippen LogP contribution is -2.46. The number of ether oxygens (including phenoxy) is 2. The number of amides is 1. The molecule has 2 aliphatic heterocycles. The van der Waals surface area contributed by atoms with Gasteiger partial charge >= 0.3 is 0 Å². The first kappa shape index (κ1) is 27.6. The number of rotatable bonds is 14. The molecule has 0 bridgehead atoms. The minimum Gasteiger partial charge on any atom is -0.489 e. The van der Waals surface area contributed by atoms with Crippen molar-refractivity contribution < 1.29 is 19.4 Å². The summed E-state index contributed by atoms with van der Waals surface area (Å²) in [6.45, 7) is 4.97. The van der Waals surface area contributed by atoms with Crippen LogP contribution in [0.2, 0.25) is 0 Å². The van der Waals surface area contributed by atoms with Crippen molar-refractivity contribution in [2.45, 2.75) is 76.5 Å². The highest BCUT2D eigenvalue weighted by atomic mass is 16.5. The Morgan fingerprint density at radius 3 is 2.59 bits per heavy atom. The van der Waals surface area contributed by atoms with Gasteiger partial charge in [0.05, 0.1) is 6.04 Å². The van der Waals surface area contributed by atoms with Gasteiger partial charge in [0.15, 0.2) is 0 Å². The monoisotopic (exact) mass is 508 g/mol. The minimum absolute atomic E-state index is 0.0331. The molecule has 2 aromatic carbocycles. The van der Waals surface area contributed by atoms with E-state index in [1.807, 2.05) is 54.6 Å². The normalized spacial score (nSPS) is 18.4. The lowest BCUT2D eigenvalue weighted by molar-refractivity contribution is -0.123. The van der Waals surface area contributed by atoms with Crippen molar-refractivity contribution in [3.63, 3.8) is 0 Å². The molecule has 2 aliphatic rings. The van der Waals surface area contributed by atoms with Crippen LogP contribution in [-0.4, -0.2) is 54.8 Å². The van der Waals surface area contributed by atoms with Gasteiger partial charge in [-0.25, -0.2) is 0 Å². The molecule has 2 saturated heterocycles. The van der Waals surface area contributed by atoms with E-state index in [4.69, 9.17) is 9.47 Å². The topological polar surface area (TPSA) is 71.0 Å². The highest BCUT2D eigenvalue weighted by Crippen LogP contribution is 2.25. The summed E-state index contributed by atoms with van der Waals surface area (Å²) in [5, 5.41) is 14.5. The van der Waals surface area contributed by atoms with E-state index >= 15 is 0 Å². The van der Waals surface area contributed by atoms with Crippen molar-refractivity contribution in [3.05, 3.63) is 65.7 Å². The standard InChI is InChI=1S/C31H44N2O4/c34-30(15-6-2-3-10-25-16-20-36-21-17-25)32-29(23-33-18-7-8-19-33)31(35)27-13-9-14-28(22-27)37-24-26-11-4-1-5-12-26/h1,4-5,9,11-14,22,25,29,31,35H,2-3,6-8,10,15-21,23-24H2,(H,32,34)/t29-,31+/m1/s1. The van der Waals surface area contributed by atoms with Gasteiger partial charge in [-0.3, -0.25) is 4.79 Å². The highest BCUT2D eigenvalue weighted by Gasteiger charge is 2.27. The molecule has 0 unspecified atom stereocenters. The summed E-state index contributed by atoms with van der Waals surface area (Å²) in [6, 6.07) is 17.3. The van der Waals surface area contributed by atoms with Crippen LogP contribution >= 0.6 is 0 Å². The van der Waals surface area contributed by atoms with E-state index in [2.05, 4.69) is 10.2 Å². The van der Waals surface area contributed by atoms with Crippen LogP contribution in [0.25, 0.3) is 0 Å². The quantitative estimate of drug-likeness (QED) is 0.341. The molecule has 0 saturated carbocycles.